The van der Waals surface area contributed by atoms with E-state index in [9.17, 15) is 13.2 Å². The minimum Gasteiger partial charge on any atom is -0.433 e. The molecule has 0 aliphatic rings. The first-order chi connectivity index (χ1) is 9.49. The number of alkyl halides is 3. The molecule has 0 amide bonds. The number of halogens is 3. The summed E-state index contributed by atoms with van der Waals surface area (Å²) in [5.41, 5.74) is 6.00. The zero-order chi connectivity index (χ0) is 14.6. The van der Waals surface area contributed by atoms with Gasteiger partial charge in [-0.1, -0.05) is 12.1 Å². The van der Waals surface area contributed by atoms with E-state index < -0.39 is 12.1 Å². The third-order valence-electron chi connectivity index (χ3n) is 2.27. The summed E-state index contributed by atoms with van der Waals surface area (Å²) < 4.78 is 46.0. The molecule has 8 heteroatoms. The van der Waals surface area contributed by atoms with E-state index in [1.165, 1.54) is 24.4 Å². The third kappa shape index (κ3) is 3.58. The summed E-state index contributed by atoms with van der Waals surface area (Å²) in [6.45, 7) is 0.118. The summed E-state index contributed by atoms with van der Waals surface area (Å²) >= 11 is 0. The number of hydrogen-bond donors (Lipinski definition) is 1. The highest BCUT2D eigenvalue weighted by Crippen LogP contribution is 2.34. The molecule has 0 saturated heterocycles. The largest absolute Gasteiger partial charge is 0.573 e. The predicted molar refractivity (Wildman–Crippen MR) is 63.1 cm³/mol. The lowest BCUT2D eigenvalue weighted by Crippen LogP contribution is -2.17. The molecule has 1 aromatic carbocycles. The molecule has 2 rings (SSSR count). The van der Waals surface area contributed by atoms with E-state index in [-0.39, 0.29) is 18.2 Å². The Balaban J connectivity index is 2.29. The van der Waals surface area contributed by atoms with Gasteiger partial charge in [0, 0.05) is 12.1 Å². The van der Waals surface area contributed by atoms with Crippen LogP contribution >= 0.6 is 0 Å². The summed E-state index contributed by atoms with van der Waals surface area (Å²) in [4.78, 5) is 0. The van der Waals surface area contributed by atoms with Gasteiger partial charge in [0.1, 0.15) is 0 Å². The first-order valence-corrected chi connectivity index (χ1v) is 5.53. The van der Waals surface area contributed by atoms with Gasteiger partial charge in [-0.05, 0) is 18.2 Å². The molecule has 0 unspecified atom stereocenters. The van der Waals surface area contributed by atoms with Gasteiger partial charge in [0.2, 0.25) is 5.88 Å². The lowest BCUT2D eigenvalue weighted by atomic mass is 10.3. The van der Waals surface area contributed by atoms with E-state index in [1.807, 2.05) is 0 Å². The van der Waals surface area contributed by atoms with E-state index in [0.717, 1.165) is 6.07 Å². The Morgan fingerprint density at radius 3 is 2.45 bits per heavy atom. The number of nitrogens with zero attached hydrogens (tertiary/aromatic N) is 2. The Labute approximate surface area is 112 Å². The van der Waals surface area contributed by atoms with Gasteiger partial charge in [-0.2, -0.15) is 5.10 Å². The summed E-state index contributed by atoms with van der Waals surface area (Å²) in [7, 11) is 0. The maximum absolute atomic E-state index is 12.3. The molecule has 0 saturated carbocycles. The molecule has 1 aromatic heterocycles. The molecule has 106 valence electrons. The average Bonchev–Trinajstić information content (AvgIpc) is 2.40. The average molecular weight is 285 g/mol. The van der Waals surface area contributed by atoms with Crippen LogP contribution in [-0.2, 0) is 6.54 Å². The zero-order valence-corrected chi connectivity index (χ0v) is 10.1. The van der Waals surface area contributed by atoms with Crippen molar-refractivity contribution in [2.75, 3.05) is 0 Å². The minimum absolute atomic E-state index is 0.0354. The van der Waals surface area contributed by atoms with Crippen LogP contribution in [0.15, 0.2) is 36.5 Å². The van der Waals surface area contributed by atoms with E-state index in [1.54, 1.807) is 6.07 Å². The summed E-state index contributed by atoms with van der Waals surface area (Å²) in [5.74, 6) is -0.554. The van der Waals surface area contributed by atoms with Gasteiger partial charge in [0.25, 0.3) is 0 Å². The summed E-state index contributed by atoms with van der Waals surface area (Å²) in [6.07, 6.45) is -3.40. The Bertz CT molecular complexity index is 590. The second-order valence-corrected chi connectivity index (χ2v) is 3.66. The number of aromatic nitrogens is 2. The number of nitrogens with two attached hydrogens (primary N) is 1. The van der Waals surface area contributed by atoms with Crippen LogP contribution in [0.1, 0.15) is 5.56 Å². The molecule has 0 radical (unpaired) electrons. The van der Waals surface area contributed by atoms with Crippen molar-refractivity contribution in [3.05, 3.63) is 42.1 Å². The molecule has 0 bridgehead atoms. The third-order valence-corrected chi connectivity index (χ3v) is 2.27. The molecule has 20 heavy (non-hydrogen) atoms. The van der Waals surface area contributed by atoms with Crippen LogP contribution in [0.5, 0.6) is 17.4 Å². The molecule has 0 aliphatic carbocycles. The van der Waals surface area contributed by atoms with Gasteiger partial charge in [0.15, 0.2) is 11.5 Å². The highest BCUT2D eigenvalue weighted by Gasteiger charge is 2.32. The SMILES string of the molecule is NCc1ccnnc1Oc1ccccc1OC(F)(F)F. The highest BCUT2D eigenvalue weighted by molar-refractivity contribution is 5.42. The Hall–Kier alpha value is -2.35. The Morgan fingerprint density at radius 2 is 1.80 bits per heavy atom. The van der Waals surface area contributed by atoms with Crippen molar-refractivity contribution < 1.29 is 22.6 Å². The van der Waals surface area contributed by atoms with Crippen LogP contribution in [-0.4, -0.2) is 16.6 Å². The lowest BCUT2D eigenvalue weighted by Gasteiger charge is -2.13. The van der Waals surface area contributed by atoms with Gasteiger partial charge in [0.05, 0.1) is 6.20 Å². The van der Waals surface area contributed by atoms with Crippen molar-refractivity contribution in [3.63, 3.8) is 0 Å². The first-order valence-electron chi connectivity index (χ1n) is 5.53. The molecule has 0 aliphatic heterocycles. The molecule has 0 spiro atoms. The zero-order valence-electron chi connectivity index (χ0n) is 10.1. The topological polar surface area (TPSA) is 70.3 Å². The lowest BCUT2D eigenvalue weighted by molar-refractivity contribution is -0.275. The Kier molecular flexibility index (Phi) is 4.04. The normalized spacial score (nSPS) is 11.2. The first kappa shape index (κ1) is 14.1. The van der Waals surface area contributed by atoms with E-state index >= 15 is 0 Å². The highest BCUT2D eigenvalue weighted by atomic mass is 19.4. The quantitative estimate of drug-likeness (QED) is 0.935. The molecule has 5 nitrogen and oxygen atoms in total. The maximum atomic E-state index is 12.3. The second kappa shape index (κ2) is 5.74. The summed E-state index contributed by atoms with van der Waals surface area (Å²) in [6, 6.07) is 6.94. The van der Waals surface area contributed by atoms with Crippen molar-refractivity contribution in [2.45, 2.75) is 12.9 Å². The fraction of sp³-hybridized carbons (Fsp3) is 0.167. The minimum atomic E-state index is -4.81. The predicted octanol–water partition coefficient (Wildman–Crippen LogP) is 2.63. The second-order valence-electron chi connectivity index (χ2n) is 3.66. The fourth-order valence-electron chi connectivity index (χ4n) is 1.43. The molecular formula is C12H10F3N3O2. The van der Waals surface area contributed by atoms with Crippen LogP contribution in [0.4, 0.5) is 13.2 Å². The van der Waals surface area contributed by atoms with E-state index in [4.69, 9.17) is 10.5 Å². The molecule has 2 aromatic rings. The maximum Gasteiger partial charge on any atom is 0.573 e. The van der Waals surface area contributed by atoms with E-state index in [2.05, 4.69) is 14.9 Å². The van der Waals surface area contributed by atoms with Crippen molar-refractivity contribution in [3.8, 4) is 17.4 Å². The van der Waals surface area contributed by atoms with Crippen LogP contribution in [0.3, 0.4) is 0 Å². The monoisotopic (exact) mass is 285 g/mol. The van der Waals surface area contributed by atoms with Gasteiger partial charge < -0.3 is 15.2 Å². The Morgan fingerprint density at radius 1 is 1.10 bits per heavy atom. The van der Waals surface area contributed by atoms with Crippen LogP contribution in [0.2, 0.25) is 0 Å². The smallest absolute Gasteiger partial charge is 0.433 e. The molecule has 2 N–H and O–H groups in total. The number of hydrogen-bond acceptors (Lipinski definition) is 5. The standard InChI is InChI=1S/C12H10F3N3O2/c13-12(14,15)20-10-4-2-1-3-9(10)19-11-8(7-16)5-6-17-18-11/h1-6H,7,16H2. The molecule has 1 heterocycles. The van der Waals surface area contributed by atoms with Gasteiger partial charge in [-0.25, -0.2) is 0 Å². The van der Waals surface area contributed by atoms with Crippen molar-refractivity contribution in [1.82, 2.24) is 10.2 Å². The van der Waals surface area contributed by atoms with Crippen molar-refractivity contribution >= 4 is 0 Å². The number of ether oxygens (including phenoxy) is 2. The number of para-hydroxylation sites is 2. The van der Waals surface area contributed by atoms with Crippen molar-refractivity contribution in [1.29, 1.82) is 0 Å². The van der Waals surface area contributed by atoms with Crippen LogP contribution in [0.25, 0.3) is 0 Å². The van der Waals surface area contributed by atoms with Crippen LogP contribution < -0.4 is 15.2 Å². The number of benzene rings is 1. The van der Waals surface area contributed by atoms with Gasteiger partial charge in [-0.15, -0.1) is 18.3 Å². The molecular weight excluding hydrogens is 275 g/mol. The van der Waals surface area contributed by atoms with Crippen molar-refractivity contribution in [2.24, 2.45) is 5.73 Å². The van der Waals surface area contributed by atoms with E-state index in [0.29, 0.717) is 5.56 Å². The molecule has 0 atom stereocenters. The summed E-state index contributed by atoms with van der Waals surface area (Å²) in [5, 5.41) is 7.29. The van der Waals surface area contributed by atoms with Crippen LogP contribution in [0, 0.1) is 0 Å². The number of rotatable bonds is 4. The van der Waals surface area contributed by atoms with Gasteiger partial charge >= 0.3 is 6.36 Å². The fourth-order valence-corrected chi connectivity index (χ4v) is 1.43. The van der Waals surface area contributed by atoms with Gasteiger partial charge in [-0.3, -0.25) is 0 Å². The molecule has 0 fully saturated rings.